The van der Waals surface area contributed by atoms with Gasteiger partial charge in [0.15, 0.2) is 0 Å². The fourth-order valence-corrected chi connectivity index (χ4v) is 5.37. The van der Waals surface area contributed by atoms with Crippen molar-refractivity contribution in [3.05, 3.63) is 22.2 Å². The molecule has 3 atom stereocenters. The number of ether oxygens (including phenoxy) is 2. The van der Waals surface area contributed by atoms with Gasteiger partial charge in [0.05, 0.1) is 29.9 Å². The lowest BCUT2D eigenvalue weighted by atomic mass is 10.2. The SMILES string of the molecule is COc1cc(Cl)c(S(=O)(=O)N[C@@H]2C[C@H]3CO[C@@H](C)CN3C2)cc1Cl. The van der Waals surface area contributed by atoms with Gasteiger partial charge in [-0.3, -0.25) is 4.90 Å². The number of morpholine rings is 1. The minimum absolute atomic E-state index is 0.0375. The fraction of sp³-hybridized carbons (Fsp3) is 0.600. The topological polar surface area (TPSA) is 67.9 Å². The number of rotatable bonds is 4. The Labute approximate surface area is 152 Å². The van der Waals surface area contributed by atoms with E-state index >= 15 is 0 Å². The third kappa shape index (κ3) is 3.66. The molecule has 2 aliphatic rings. The van der Waals surface area contributed by atoms with E-state index in [1.54, 1.807) is 0 Å². The third-order valence-electron chi connectivity index (χ3n) is 4.41. The number of nitrogens with one attached hydrogen (secondary N) is 1. The molecule has 0 unspecified atom stereocenters. The van der Waals surface area contributed by atoms with Gasteiger partial charge in [-0.05, 0) is 19.4 Å². The third-order valence-corrected chi connectivity index (χ3v) is 6.69. The van der Waals surface area contributed by atoms with E-state index in [1.807, 2.05) is 6.92 Å². The quantitative estimate of drug-likeness (QED) is 0.846. The number of hydrogen-bond donors (Lipinski definition) is 1. The predicted octanol–water partition coefficient (Wildman–Crippen LogP) is 2.14. The van der Waals surface area contributed by atoms with Crippen molar-refractivity contribution in [2.75, 3.05) is 26.8 Å². The van der Waals surface area contributed by atoms with Gasteiger partial charge >= 0.3 is 0 Å². The molecule has 0 spiro atoms. The zero-order chi connectivity index (χ0) is 17.5. The minimum Gasteiger partial charge on any atom is -0.495 e. The molecule has 2 heterocycles. The van der Waals surface area contributed by atoms with E-state index in [0.29, 0.717) is 25.3 Å². The molecule has 0 amide bonds. The minimum atomic E-state index is -3.77. The molecule has 134 valence electrons. The lowest BCUT2D eigenvalue weighted by Gasteiger charge is -2.33. The average molecular weight is 395 g/mol. The van der Waals surface area contributed by atoms with Crippen LogP contribution in [0.1, 0.15) is 13.3 Å². The molecule has 0 radical (unpaired) electrons. The van der Waals surface area contributed by atoms with Gasteiger partial charge in [-0.25, -0.2) is 13.1 Å². The van der Waals surface area contributed by atoms with Crippen molar-refractivity contribution >= 4 is 33.2 Å². The summed E-state index contributed by atoms with van der Waals surface area (Å²) >= 11 is 12.1. The summed E-state index contributed by atoms with van der Waals surface area (Å²) in [6.07, 6.45) is 0.888. The van der Waals surface area contributed by atoms with Gasteiger partial charge in [0.25, 0.3) is 0 Å². The Kier molecular flexibility index (Phi) is 5.30. The van der Waals surface area contributed by atoms with E-state index in [4.69, 9.17) is 32.7 Å². The second kappa shape index (κ2) is 6.97. The van der Waals surface area contributed by atoms with Crippen LogP contribution in [0.2, 0.25) is 10.0 Å². The van der Waals surface area contributed by atoms with Crippen LogP contribution in [-0.4, -0.2) is 58.3 Å². The molecule has 0 saturated carbocycles. The number of fused-ring (bicyclic) bond motifs is 1. The Hall–Kier alpha value is -0.570. The maximum Gasteiger partial charge on any atom is 0.242 e. The molecule has 6 nitrogen and oxygen atoms in total. The van der Waals surface area contributed by atoms with E-state index in [-0.39, 0.29) is 33.1 Å². The van der Waals surface area contributed by atoms with Crippen molar-refractivity contribution in [3.63, 3.8) is 0 Å². The van der Waals surface area contributed by atoms with Gasteiger partial charge in [-0.1, -0.05) is 23.2 Å². The second-order valence-electron chi connectivity index (χ2n) is 6.22. The summed E-state index contributed by atoms with van der Waals surface area (Å²) in [4.78, 5) is 2.23. The average Bonchev–Trinajstić information content (AvgIpc) is 2.89. The van der Waals surface area contributed by atoms with Crippen LogP contribution in [0.3, 0.4) is 0 Å². The van der Waals surface area contributed by atoms with E-state index in [2.05, 4.69) is 9.62 Å². The first-order valence-corrected chi connectivity index (χ1v) is 9.95. The fourth-order valence-electron chi connectivity index (χ4n) is 3.28. The number of hydrogen-bond acceptors (Lipinski definition) is 5. The van der Waals surface area contributed by atoms with Gasteiger partial charge in [0.1, 0.15) is 10.6 Å². The van der Waals surface area contributed by atoms with Crippen molar-refractivity contribution < 1.29 is 17.9 Å². The lowest BCUT2D eigenvalue weighted by molar-refractivity contribution is -0.0390. The molecule has 0 aliphatic carbocycles. The van der Waals surface area contributed by atoms with Crippen LogP contribution in [0, 0.1) is 0 Å². The number of benzene rings is 1. The van der Waals surface area contributed by atoms with Crippen LogP contribution < -0.4 is 9.46 Å². The highest BCUT2D eigenvalue weighted by Gasteiger charge is 2.38. The molecule has 9 heteroatoms. The van der Waals surface area contributed by atoms with Gasteiger partial charge < -0.3 is 9.47 Å². The molecule has 0 bridgehead atoms. The van der Waals surface area contributed by atoms with Crippen LogP contribution >= 0.6 is 23.2 Å². The largest absolute Gasteiger partial charge is 0.495 e. The number of halogens is 2. The van der Waals surface area contributed by atoms with Crippen molar-refractivity contribution in [2.45, 2.75) is 36.4 Å². The van der Waals surface area contributed by atoms with E-state index in [1.165, 1.54) is 19.2 Å². The first kappa shape index (κ1) is 18.2. The molecule has 3 rings (SSSR count). The standard InChI is InChI=1S/C15H20Cl2N2O4S/c1-9-6-19-7-10(3-11(19)8-23-9)18-24(20,21)15-5-12(16)14(22-2)4-13(15)17/h4-5,9-11,18H,3,6-8H2,1-2H3/t9-,10+,11-/m0/s1. The molecule has 24 heavy (non-hydrogen) atoms. The zero-order valence-corrected chi connectivity index (χ0v) is 15.8. The van der Waals surface area contributed by atoms with Gasteiger partial charge in [-0.15, -0.1) is 0 Å². The normalized spacial score (nSPS) is 27.9. The molecule has 1 N–H and O–H groups in total. The Morgan fingerprint density at radius 1 is 1.29 bits per heavy atom. The van der Waals surface area contributed by atoms with Crippen molar-refractivity contribution in [2.24, 2.45) is 0 Å². The summed E-state index contributed by atoms with van der Waals surface area (Å²) in [5.41, 5.74) is 0. The van der Waals surface area contributed by atoms with Crippen LogP contribution in [0.5, 0.6) is 5.75 Å². The van der Waals surface area contributed by atoms with Gasteiger partial charge in [0.2, 0.25) is 10.0 Å². The Balaban J connectivity index is 1.76. The van der Waals surface area contributed by atoms with Crippen LogP contribution in [-0.2, 0) is 14.8 Å². The zero-order valence-electron chi connectivity index (χ0n) is 13.5. The van der Waals surface area contributed by atoms with Crippen molar-refractivity contribution in [1.29, 1.82) is 0 Å². The maximum atomic E-state index is 12.7. The van der Waals surface area contributed by atoms with E-state index in [0.717, 1.165) is 6.54 Å². The summed E-state index contributed by atoms with van der Waals surface area (Å²) < 4.78 is 38.8. The first-order chi connectivity index (χ1) is 11.3. The number of methoxy groups -OCH3 is 1. The Morgan fingerprint density at radius 3 is 2.75 bits per heavy atom. The summed E-state index contributed by atoms with van der Waals surface area (Å²) in [6.45, 7) is 4.14. The number of sulfonamides is 1. The summed E-state index contributed by atoms with van der Waals surface area (Å²) in [5, 5.41) is 0.282. The molecule has 2 saturated heterocycles. The van der Waals surface area contributed by atoms with Crippen molar-refractivity contribution in [3.8, 4) is 5.75 Å². The lowest BCUT2D eigenvalue weighted by Crippen LogP contribution is -2.45. The van der Waals surface area contributed by atoms with Crippen molar-refractivity contribution in [1.82, 2.24) is 9.62 Å². The predicted molar refractivity (Wildman–Crippen MR) is 92.5 cm³/mol. The van der Waals surface area contributed by atoms with Crippen LogP contribution in [0.4, 0.5) is 0 Å². The molecule has 2 fully saturated rings. The smallest absolute Gasteiger partial charge is 0.242 e. The Morgan fingerprint density at radius 2 is 2.04 bits per heavy atom. The molecule has 0 aromatic heterocycles. The molecule has 2 aliphatic heterocycles. The van der Waals surface area contributed by atoms with Crippen LogP contribution in [0.15, 0.2) is 17.0 Å². The molecular weight excluding hydrogens is 375 g/mol. The first-order valence-electron chi connectivity index (χ1n) is 7.71. The molecular formula is C15H20Cl2N2O4S. The molecule has 1 aromatic carbocycles. The highest BCUT2D eigenvalue weighted by atomic mass is 35.5. The summed E-state index contributed by atoms with van der Waals surface area (Å²) in [5.74, 6) is 0.338. The second-order valence-corrected chi connectivity index (χ2v) is 8.72. The number of nitrogens with zero attached hydrogens (tertiary/aromatic N) is 1. The maximum absolute atomic E-state index is 12.7. The van der Waals surface area contributed by atoms with Gasteiger partial charge in [0, 0.05) is 31.2 Å². The van der Waals surface area contributed by atoms with E-state index in [9.17, 15) is 8.42 Å². The highest BCUT2D eigenvalue weighted by molar-refractivity contribution is 7.89. The monoisotopic (exact) mass is 394 g/mol. The Bertz CT molecular complexity index is 728. The van der Waals surface area contributed by atoms with Crippen LogP contribution in [0.25, 0.3) is 0 Å². The highest BCUT2D eigenvalue weighted by Crippen LogP contribution is 2.34. The summed E-state index contributed by atoms with van der Waals surface area (Å²) in [6, 6.07) is 2.81. The molecule has 1 aromatic rings. The van der Waals surface area contributed by atoms with Gasteiger partial charge in [-0.2, -0.15) is 0 Å². The summed E-state index contributed by atoms with van der Waals surface area (Å²) in [7, 11) is -2.32. The van der Waals surface area contributed by atoms with E-state index < -0.39 is 10.0 Å².